The summed E-state index contributed by atoms with van der Waals surface area (Å²) in [7, 11) is 0. The van der Waals surface area contributed by atoms with E-state index in [2.05, 4.69) is 10.3 Å². The number of hydrogen-bond donors (Lipinski definition) is 2. The molecule has 1 aliphatic rings. The monoisotopic (exact) mass is 322 g/mol. The maximum Gasteiger partial charge on any atom is 0.305 e. The Hall–Kier alpha value is -2.15. The number of nitrogens with zero attached hydrogens (tertiary/aromatic N) is 1. The van der Waals surface area contributed by atoms with E-state index >= 15 is 0 Å². The molecule has 23 heavy (non-hydrogen) atoms. The fourth-order valence-electron chi connectivity index (χ4n) is 2.40. The Morgan fingerprint density at radius 3 is 2.96 bits per heavy atom. The molecule has 2 unspecified atom stereocenters. The van der Waals surface area contributed by atoms with E-state index < -0.39 is 11.5 Å². The summed E-state index contributed by atoms with van der Waals surface area (Å²) in [6.07, 6.45) is 2.65. The molecule has 0 aromatic carbocycles. The van der Waals surface area contributed by atoms with Crippen LogP contribution in [-0.4, -0.2) is 46.8 Å². The maximum atomic E-state index is 12.5. The van der Waals surface area contributed by atoms with E-state index in [4.69, 9.17) is 14.6 Å². The molecule has 2 heterocycles. The molecular weight excluding hydrogens is 300 g/mol. The zero-order chi connectivity index (χ0) is 16.9. The van der Waals surface area contributed by atoms with Gasteiger partial charge in [-0.15, -0.1) is 0 Å². The number of hydrogen-bond acceptors (Lipinski definition) is 5. The predicted molar refractivity (Wildman–Crippen MR) is 82.5 cm³/mol. The Morgan fingerprint density at radius 1 is 1.57 bits per heavy atom. The molecule has 1 fully saturated rings. The van der Waals surface area contributed by atoms with Crippen molar-refractivity contribution in [2.24, 2.45) is 0 Å². The van der Waals surface area contributed by atoms with E-state index in [-0.39, 0.29) is 25.0 Å². The Bertz CT molecular complexity index is 569. The second kappa shape index (κ2) is 7.41. The summed E-state index contributed by atoms with van der Waals surface area (Å²) in [4.78, 5) is 27.6. The molecular formula is C16H22N2O5. The summed E-state index contributed by atoms with van der Waals surface area (Å²) in [5, 5.41) is 11.9. The van der Waals surface area contributed by atoms with E-state index in [1.165, 1.54) is 6.20 Å². The van der Waals surface area contributed by atoms with Crippen molar-refractivity contribution < 1.29 is 24.2 Å². The van der Waals surface area contributed by atoms with Gasteiger partial charge in [-0.3, -0.25) is 9.59 Å². The number of amides is 1. The third-order valence-electron chi connectivity index (χ3n) is 3.87. The SMILES string of the molecule is CCC(C)Oc1cc(C(=O)NC2(CC(=O)O)CCOC2)ccn1. The molecule has 0 aliphatic carbocycles. The lowest BCUT2D eigenvalue weighted by Gasteiger charge is -2.27. The smallest absolute Gasteiger partial charge is 0.305 e. The Kier molecular flexibility index (Phi) is 5.54. The highest BCUT2D eigenvalue weighted by Crippen LogP contribution is 2.23. The summed E-state index contributed by atoms with van der Waals surface area (Å²) in [6, 6.07) is 3.13. The number of carboxylic acids is 1. The molecule has 1 amide bonds. The molecule has 2 N–H and O–H groups in total. The maximum absolute atomic E-state index is 12.5. The van der Waals surface area contributed by atoms with Crippen molar-refractivity contribution >= 4 is 11.9 Å². The van der Waals surface area contributed by atoms with Gasteiger partial charge in [0, 0.05) is 24.4 Å². The summed E-state index contributed by atoms with van der Waals surface area (Å²) >= 11 is 0. The van der Waals surface area contributed by atoms with E-state index in [9.17, 15) is 9.59 Å². The molecule has 0 radical (unpaired) electrons. The highest BCUT2D eigenvalue weighted by Gasteiger charge is 2.38. The average Bonchev–Trinajstić information content (AvgIpc) is 2.94. The minimum absolute atomic E-state index is 0.00222. The van der Waals surface area contributed by atoms with E-state index in [0.717, 1.165) is 6.42 Å². The zero-order valence-corrected chi connectivity index (χ0v) is 13.4. The van der Waals surface area contributed by atoms with Gasteiger partial charge in [0.15, 0.2) is 0 Å². The molecule has 7 nitrogen and oxygen atoms in total. The highest BCUT2D eigenvalue weighted by molar-refractivity contribution is 5.95. The van der Waals surface area contributed by atoms with Crippen molar-refractivity contribution in [1.29, 1.82) is 0 Å². The van der Waals surface area contributed by atoms with Gasteiger partial charge in [0.1, 0.15) is 0 Å². The number of carbonyl (C=O) groups excluding carboxylic acids is 1. The second-order valence-electron chi connectivity index (χ2n) is 5.83. The van der Waals surface area contributed by atoms with Crippen LogP contribution in [0.2, 0.25) is 0 Å². The molecule has 7 heteroatoms. The second-order valence-corrected chi connectivity index (χ2v) is 5.83. The molecule has 1 aromatic heterocycles. The Balaban J connectivity index is 2.10. The van der Waals surface area contributed by atoms with Crippen molar-refractivity contribution in [3.05, 3.63) is 23.9 Å². The summed E-state index contributed by atoms with van der Waals surface area (Å²) < 4.78 is 10.9. The average molecular weight is 322 g/mol. The van der Waals surface area contributed by atoms with E-state index in [1.54, 1.807) is 12.1 Å². The van der Waals surface area contributed by atoms with Gasteiger partial charge in [-0.2, -0.15) is 0 Å². The number of rotatable bonds is 7. The predicted octanol–water partition coefficient (Wildman–Crippen LogP) is 1.62. The van der Waals surface area contributed by atoms with Crippen LogP contribution in [0.4, 0.5) is 0 Å². The first-order valence-corrected chi connectivity index (χ1v) is 7.69. The van der Waals surface area contributed by atoms with Crippen LogP contribution in [0, 0.1) is 0 Å². The van der Waals surface area contributed by atoms with Crippen LogP contribution in [-0.2, 0) is 9.53 Å². The molecule has 1 saturated heterocycles. The molecule has 0 spiro atoms. The molecule has 1 aromatic rings. The van der Waals surface area contributed by atoms with E-state index in [0.29, 0.717) is 24.5 Å². The first-order valence-electron chi connectivity index (χ1n) is 7.69. The zero-order valence-electron chi connectivity index (χ0n) is 13.4. The Morgan fingerprint density at radius 2 is 2.35 bits per heavy atom. The molecule has 0 saturated carbocycles. The van der Waals surface area contributed by atoms with Crippen LogP contribution in [0.3, 0.4) is 0 Å². The quantitative estimate of drug-likeness (QED) is 0.791. The van der Waals surface area contributed by atoms with Gasteiger partial charge in [0.2, 0.25) is 5.88 Å². The molecule has 126 valence electrons. The lowest BCUT2D eigenvalue weighted by atomic mass is 9.94. The van der Waals surface area contributed by atoms with Gasteiger partial charge >= 0.3 is 5.97 Å². The first kappa shape index (κ1) is 17.2. The van der Waals surface area contributed by atoms with Crippen molar-refractivity contribution in [1.82, 2.24) is 10.3 Å². The number of nitrogens with one attached hydrogen (secondary N) is 1. The standard InChI is InChI=1S/C16H22N2O5/c1-3-11(2)23-13-8-12(4-6-17-13)15(21)18-16(9-14(19)20)5-7-22-10-16/h4,6,8,11H,3,5,7,9-10H2,1-2H3,(H,18,21)(H,19,20). The van der Waals surface area contributed by atoms with Gasteiger partial charge in [-0.05, 0) is 25.8 Å². The van der Waals surface area contributed by atoms with Gasteiger partial charge < -0.3 is 19.9 Å². The third kappa shape index (κ3) is 4.66. The van der Waals surface area contributed by atoms with Crippen molar-refractivity contribution in [2.75, 3.05) is 13.2 Å². The topological polar surface area (TPSA) is 97.8 Å². The minimum atomic E-state index is -0.966. The number of pyridine rings is 1. The summed E-state index contributed by atoms with van der Waals surface area (Å²) in [5.74, 6) is -0.943. The molecule has 1 aliphatic heterocycles. The fourth-order valence-corrected chi connectivity index (χ4v) is 2.40. The molecule has 2 rings (SSSR count). The van der Waals surface area contributed by atoms with Crippen LogP contribution < -0.4 is 10.1 Å². The summed E-state index contributed by atoms with van der Waals surface area (Å²) in [6.45, 7) is 4.56. The van der Waals surface area contributed by atoms with E-state index in [1.807, 2.05) is 13.8 Å². The summed E-state index contributed by atoms with van der Waals surface area (Å²) in [5.41, 5.74) is -0.473. The highest BCUT2D eigenvalue weighted by atomic mass is 16.5. The van der Waals surface area contributed by atoms with Crippen molar-refractivity contribution in [3.63, 3.8) is 0 Å². The van der Waals surface area contributed by atoms with Gasteiger partial charge in [0.25, 0.3) is 5.91 Å². The Labute approximate surface area is 135 Å². The van der Waals surface area contributed by atoms with Crippen LogP contribution in [0.1, 0.15) is 43.5 Å². The van der Waals surface area contributed by atoms with Crippen LogP contribution >= 0.6 is 0 Å². The normalized spacial score (nSPS) is 21.7. The van der Waals surface area contributed by atoms with Crippen molar-refractivity contribution in [2.45, 2.75) is 44.8 Å². The lowest BCUT2D eigenvalue weighted by molar-refractivity contribution is -0.138. The number of aliphatic carboxylic acids is 1. The molecule has 2 atom stereocenters. The number of ether oxygens (including phenoxy) is 2. The number of aromatic nitrogens is 1. The van der Waals surface area contributed by atoms with Crippen LogP contribution in [0.5, 0.6) is 5.88 Å². The van der Waals surface area contributed by atoms with Gasteiger partial charge in [-0.25, -0.2) is 4.98 Å². The number of carbonyl (C=O) groups is 2. The minimum Gasteiger partial charge on any atom is -0.481 e. The van der Waals surface area contributed by atoms with Crippen LogP contribution in [0.25, 0.3) is 0 Å². The van der Waals surface area contributed by atoms with Gasteiger partial charge in [0.05, 0.1) is 24.7 Å². The largest absolute Gasteiger partial charge is 0.481 e. The third-order valence-corrected chi connectivity index (χ3v) is 3.87. The number of carboxylic acid groups (broad SMARTS) is 1. The van der Waals surface area contributed by atoms with Gasteiger partial charge in [-0.1, -0.05) is 6.92 Å². The first-order chi connectivity index (χ1) is 10.9. The molecule has 0 bridgehead atoms. The lowest BCUT2D eigenvalue weighted by Crippen LogP contribution is -2.50. The fraction of sp³-hybridized carbons (Fsp3) is 0.562. The van der Waals surface area contributed by atoms with Crippen molar-refractivity contribution in [3.8, 4) is 5.88 Å². The van der Waals surface area contributed by atoms with Crippen LogP contribution in [0.15, 0.2) is 18.3 Å².